The Bertz CT molecular complexity index is 375. The third kappa shape index (κ3) is 26.7. The van der Waals surface area contributed by atoms with Gasteiger partial charge in [-0.05, 0) is 0 Å². The van der Waals surface area contributed by atoms with Crippen molar-refractivity contribution in [2.24, 2.45) is 0 Å². The van der Waals surface area contributed by atoms with Crippen LogP contribution in [0.2, 0.25) is 0 Å². The molecule has 31 heavy (non-hydrogen) atoms. The van der Waals surface area contributed by atoms with Gasteiger partial charge in [-0.3, -0.25) is 9.05 Å². The van der Waals surface area contributed by atoms with E-state index in [0.717, 1.165) is 0 Å². The molecule has 0 aromatic rings. The highest BCUT2D eigenvalue weighted by molar-refractivity contribution is 14.2. The lowest BCUT2D eigenvalue weighted by Gasteiger charge is -2.13. The average molecular weight is 588 g/mol. The minimum Gasteiger partial charge on any atom is -0.382 e. The molecule has 0 saturated carbocycles. The molecular formula is C18H38IO11P. The molecule has 0 aliphatic carbocycles. The topological polar surface area (TPSA) is 109 Å². The highest BCUT2D eigenvalue weighted by Crippen LogP contribution is 2.56. The van der Waals surface area contributed by atoms with E-state index in [1.54, 1.807) is 36.3 Å². The van der Waals surface area contributed by atoms with E-state index in [1.165, 1.54) is 0 Å². The lowest BCUT2D eigenvalue weighted by atomic mass is 10.7. The first kappa shape index (κ1) is 31.6. The third-order valence-electron chi connectivity index (χ3n) is 3.30. The summed E-state index contributed by atoms with van der Waals surface area (Å²) in [5, 5.41) is -3.16. The summed E-state index contributed by atoms with van der Waals surface area (Å²) >= 11 is 1.67. The molecule has 0 bridgehead atoms. The minimum absolute atomic E-state index is 0.168. The van der Waals surface area contributed by atoms with Gasteiger partial charge in [-0.1, -0.05) is 0 Å². The molecule has 0 aliphatic heterocycles. The van der Waals surface area contributed by atoms with E-state index in [9.17, 15) is 4.57 Å². The maximum Gasteiger partial charge on any atom is 0.389 e. The number of hydrogen-bond acceptors (Lipinski definition) is 11. The van der Waals surface area contributed by atoms with E-state index in [4.69, 9.17) is 46.9 Å². The number of rotatable bonds is 26. The lowest BCUT2D eigenvalue weighted by molar-refractivity contribution is -0.00256. The maximum atomic E-state index is 12.1. The summed E-state index contributed by atoms with van der Waals surface area (Å²) in [5.74, 6) is 0. The Labute approximate surface area is 198 Å². The van der Waals surface area contributed by atoms with Crippen LogP contribution in [0.15, 0.2) is 0 Å². The molecule has 0 N–H and O–H groups in total. The normalized spacial score (nSPS) is 12.0. The van der Waals surface area contributed by atoms with Crippen LogP contribution in [0, 0.1) is 0 Å². The predicted octanol–water partition coefficient (Wildman–Crippen LogP) is 1.96. The second kappa shape index (κ2) is 25.2. The predicted molar refractivity (Wildman–Crippen MR) is 122 cm³/mol. The van der Waals surface area contributed by atoms with Crippen molar-refractivity contribution in [1.29, 1.82) is 0 Å². The first-order chi connectivity index (χ1) is 15.1. The van der Waals surface area contributed by atoms with Crippen molar-refractivity contribution in [2.75, 3.05) is 120 Å². The molecule has 0 saturated heterocycles. The lowest BCUT2D eigenvalue weighted by Crippen LogP contribution is -2.13. The quantitative estimate of drug-likeness (QED) is 0.0841. The molecule has 0 spiro atoms. The summed E-state index contributed by atoms with van der Waals surface area (Å²) in [6, 6.07) is 0. The van der Waals surface area contributed by atoms with Gasteiger partial charge in [-0.25, -0.2) is 4.57 Å². The van der Waals surface area contributed by atoms with Gasteiger partial charge in [-0.2, -0.15) is 0 Å². The molecule has 0 aromatic carbocycles. The second-order valence-electron chi connectivity index (χ2n) is 5.76. The molecule has 0 heterocycles. The summed E-state index contributed by atoms with van der Waals surface area (Å²) < 4.78 is 64.2. The molecule has 188 valence electrons. The van der Waals surface area contributed by atoms with Gasteiger partial charge in [0.25, 0.3) is 0 Å². The van der Waals surface area contributed by atoms with Crippen molar-refractivity contribution >= 4 is 27.3 Å². The number of halogens is 1. The zero-order chi connectivity index (χ0) is 22.9. The zero-order valence-corrected chi connectivity index (χ0v) is 21.7. The van der Waals surface area contributed by atoms with E-state index >= 15 is 0 Å². The number of ether oxygens (including phenoxy) is 8. The van der Waals surface area contributed by atoms with Crippen LogP contribution in [0.25, 0.3) is 0 Å². The van der Waals surface area contributed by atoms with Crippen LogP contribution in [0.5, 0.6) is 0 Å². The Kier molecular flexibility index (Phi) is 25.6. The molecule has 0 fully saturated rings. The minimum atomic E-state index is -3.16. The van der Waals surface area contributed by atoms with E-state index < -0.39 is 5.24 Å². The average Bonchev–Trinajstić information content (AvgIpc) is 2.75. The molecule has 0 rings (SSSR count). The van der Waals surface area contributed by atoms with Crippen molar-refractivity contribution in [3.05, 3.63) is 0 Å². The van der Waals surface area contributed by atoms with Gasteiger partial charge in [0.2, 0.25) is 0 Å². The van der Waals surface area contributed by atoms with E-state index in [2.05, 4.69) is 0 Å². The number of hydrogen-bond donors (Lipinski definition) is 0. The van der Waals surface area contributed by atoms with Crippen LogP contribution < -0.4 is 0 Å². The van der Waals surface area contributed by atoms with Gasteiger partial charge in [0.1, 0.15) is 0 Å². The van der Waals surface area contributed by atoms with E-state index in [0.29, 0.717) is 92.5 Å². The van der Waals surface area contributed by atoms with E-state index in [-0.39, 0.29) is 13.2 Å². The van der Waals surface area contributed by atoms with Crippen LogP contribution in [-0.2, 0) is 51.5 Å². The fraction of sp³-hybridized carbons (Fsp3) is 1.00. The Hall–Kier alpha value is 0.560. The highest BCUT2D eigenvalue weighted by atomic mass is 127. The van der Waals surface area contributed by atoms with Gasteiger partial charge < -0.3 is 37.9 Å². The largest absolute Gasteiger partial charge is 0.389 e. The molecule has 0 aromatic heterocycles. The monoisotopic (exact) mass is 588 g/mol. The Balaban J connectivity index is 3.30. The molecule has 0 aliphatic rings. The van der Waals surface area contributed by atoms with Crippen molar-refractivity contribution in [3.63, 3.8) is 0 Å². The Morgan fingerprint density at radius 2 is 0.677 bits per heavy atom. The fourth-order valence-corrected chi connectivity index (χ4v) is 3.66. The van der Waals surface area contributed by atoms with Crippen LogP contribution in [0.1, 0.15) is 0 Å². The summed E-state index contributed by atoms with van der Waals surface area (Å²) in [6.45, 7) is 6.96. The standard InChI is InChI=1S/C18H38IO11P/c1-21-3-5-23-7-9-25-11-13-27-15-17-29-31(19,20)30-18-16-28-14-12-26-10-8-24-6-4-22-2/h3-18H2,1-2H3. The first-order valence-corrected chi connectivity index (χ1v) is 14.5. The van der Waals surface area contributed by atoms with Crippen LogP contribution in [-0.4, -0.2) is 120 Å². The van der Waals surface area contributed by atoms with Gasteiger partial charge in [0, 0.05) is 14.2 Å². The first-order valence-electron chi connectivity index (χ1n) is 10.2. The van der Waals surface area contributed by atoms with Gasteiger partial charge in [0.15, 0.2) is 0 Å². The van der Waals surface area contributed by atoms with Crippen LogP contribution in [0.3, 0.4) is 0 Å². The molecule has 0 amide bonds. The van der Waals surface area contributed by atoms with Gasteiger partial charge >= 0.3 is 5.24 Å². The summed E-state index contributed by atoms with van der Waals surface area (Å²) in [4.78, 5) is 0. The summed E-state index contributed by atoms with van der Waals surface area (Å²) in [6.07, 6.45) is 0. The zero-order valence-electron chi connectivity index (χ0n) is 18.6. The maximum absolute atomic E-state index is 12.1. The number of methoxy groups -OCH3 is 2. The summed E-state index contributed by atoms with van der Waals surface area (Å²) in [5.41, 5.74) is 0. The van der Waals surface area contributed by atoms with Crippen molar-refractivity contribution in [2.45, 2.75) is 0 Å². The molecule has 0 unspecified atom stereocenters. The van der Waals surface area contributed by atoms with Crippen molar-refractivity contribution in [3.8, 4) is 0 Å². The van der Waals surface area contributed by atoms with Crippen LogP contribution >= 0.6 is 27.3 Å². The fourth-order valence-electron chi connectivity index (χ4n) is 1.82. The molecule has 0 atom stereocenters. The molecule has 0 radical (unpaired) electrons. The second-order valence-corrected chi connectivity index (χ2v) is 10.7. The Morgan fingerprint density at radius 3 is 0.935 bits per heavy atom. The molecular weight excluding hydrogens is 550 g/mol. The molecule has 13 heteroatoms. The van der Waals surface area contributed by atoms with Gasteiger partial charge in [-0.15, -0.1) is 0 Å². The van der Waals surface area contributed by atoms with Crippen molar-refractivity contribution in [1.82, 2.24) is 0 Å². The van der Waals surface area contributed by atoms with Crippen molar-refractivity contribution < 1.29 is 51.5 Å². The molecule has 11 nitrogen and oxygen atoms in total. The third-order valence-corrected chi connectivity index (χ3v) is 5.95. The Morgan fingerprint density at radius 1 is 0.452 bits per heavy atom. The van der Waals surface area contributed by atoms with Crippen LogP contribution in [0.4, 0.5) is 0 Å². The van der Waals surface area contributed by atoms with Gasteiger partial charge in [0.05, 0.1) is 128 Å². The van der Waals surface area contributed by atoms with E-state index in [1.807, 2.05) is 0 Å². The SMILES string of the molecule is COCCOCCOCCOCCOP(=O)(I)OCCOCCOCCOCCOC. The highest BCUT2D eigenvalue weighted by Gasteiger charge is 2.19. The smallest absolute Gasteiger partial charge is 0.382 e. The summed E-state index contributed by atoms with van der Waals surface area (Å²) in [7, 11) is 3.25.